The Bertz CT molecular complexity index is 1130. The molecule has 0 amide bonds. The zero-order valence-electron chi connectivity index (χ0n) is 15.4. The first-order valence-electron chi connectivity index (χ1n) is 9.37. The molecule has 9 nitrogen and oxygen atoms in total. The van der Waals surface area contributed by atoms with E-state index in [0.717, 1.165) is 44.2 Å². The second-order valence-corrected chi connectivity index (χ2v) is 9.20. The number of benzene rings is 1. The lowest BCUT2D eigenvalue weighted by molar-refractivity contribution is 0.384. The van der Waals surface area contributed by atoms with Gasteiger partial charge in [0.15, 0.2) is 5.82 Å². The van der Waals surface area contributed by atoms with Crippen LogP contribution >= 0.6 is 0 Å². The van der Waals surface area contributed by atoms with Crippen molar-refractivity contribution in [3.05, 3.63) is 40.0 Å². The highest BCUT2D eigenvalue weighted by Crippen LogP contribution is 2.39. The molecule has 2 aliphatic carbocycles. The van der Waals surface area contributed by atoms with Crippen molar-refractivity contribution in [2.24, 2.45) is 0 Å². The molecule has 5 rings (SSSR count). The summed E-state index contributed by atoms with van der Waals surface area (Å²) < 4.78 is 30.0. The van der Waals surface area contributed by atoms with Crippen LogP contribution in [0.15, 0.2) is 15.7 Å². The topological polar surface area (TPSA) is 127 Å². The number of hydrogen-bond donors (Lipinski definition) is 2. The fourth-order valence-electron chi connectivity index (χ4n) is 4.15. The maximum atomic E-state index is 12.6. The van der Waals surface area contributed by atoms with E-state index in [1.165, 1.54) is 22.3 Å². The number of rotatable bonds is 5. The van der Waals surface area contributed by atoms with Crippen LogP contribution in [0.4, 0.5) is 11.6 Å². The lowest BCUT2D eigenvalue weighted by Crippen LogP contribution is -2.08. The zero-order chi connectivity index (χ0) is 19.3. The molecule has 0 aliphatic heterocycles. The van der Waals surface area contributed by atoms with Crippen molar-refractivity contribution in [1.82, 2.24) is 25.3 Å². The van der Waals surface area contributed by atoms with Crippen molar-refractivity contribution in [3.63, 3.8) is 0 Å². The predicted octanol–water partition coefficient (Wildman–Crippen LogP) is 2.19. The van der Waals surface area contributed by atoms with Gasteiger partial charge < -0.3 is 9.84 Å². The molecule has 1 aromatic carbocycles. The van der Waals surface area contributed by atoms with Crippen LogP contribution in [0.25, 0.3) is 0 Å². The van der Waals surface area contributed by atoms with Gasteiger partial charge in [0, 0.05) is 5.69 Å². The number of fused-ring (bicyclic) bond motifs is 2. The number of nitrogens with one attached hydrogen (secondary N) is 2. The summed E-state index contributed by atoms with van der Waals surface area (Å²) in [6.45, 7) is 1.63. The van der Waals surface area contributed by atoms with E-state index >= 15 is 0 Å². The van der Waals surface area contributed by atoms with Gasteiger partial charge in [-0.1, -0.05) is 11.2 Å². The van der Waals surface area contributed by atoms with E-state index < -0.39 is 15.6 Å². The summed E-state index contributed by atoms with van der Waals surface area (Å²) in [6, 6.07) is 2.35. The van der Waals surface area contributed by atoms with Crippen molar-refractivity contribution >= 4 is 21.5 Å². The molecule has 0 atom stereocenters. The molecular formula is C18H20N6O3S. The Morgan fingerprint density at radius 2 is 1.82 bits per heavy atom. The van der Waals surface area contributed by atoms with Gasteiger partial charge in [-0.25, -0.2) is 13.5 Å². The van der Waals surface area contributed by atoms with Crippen LogP contribution in [0, 0.1) is 6.92 Å². The first kappa shape index (κ1) is 17.4. The maximum Gasteiger partial charge on any atom is 0.268 e. The Hall–Kier alpha value is -2.75. The first-order valence-corrected chi connectivity index (χ1v) is 11.0. The minimum Gasteiger partial charge on any atom is -0.338 e. The Morgan fingerprint density at radius 1 is 1.11 bits per heavy atom. The number of H-pyrrole nitrogens is 1. The summed E-state index contributed by atoms with van der Waals surface area (Å²) in [5.41, 5.74) is 6.50. The van der Waals surface area contributed by atoms with Crippen LogP contribution < -0.4 is 5.32 Å². The monoisotopic (exact) mass is 400 g/mol. The molecule has 0 fully saturated rings. The molecule has 0 bridgehead atoms. The average molecular weight is 400 g/mol. The molecule has 0 saturated carbocycles. The third kappa shape index (κ3) is 2.97. The molecule has 0 unspecified atom stereocenters. The zero-order valence-corrected chi connectivity index (χ0v) is 16.3. The minimum absolute atomic E-state index is 0.0236. The van der Waals surface area contributed by atoms with Gasteiger partial charge in [-0.2, -0.15) is 9.97 Å². The Kier molecular flexibility index (Phi) is 3.97. The molecule has 28 heavy (non-hydrogen) atoms. The van der Waals surface area contributed by atoms with Crippen LogP contribution in [0.5, 0.6) is 0 Å². The molecule has 3 aromatic rings. The highest BCUT2D eigenvalue weighted by molar-refractivity contribution is 7.90. The van der Waals surface area contributed by atoms with Crippen LogP contribution in [-0.4, -0.2) is 33.7 Å². The number of anilines is 2. The van der Waals surface area contributed by atoms with Crippen LogP contribution in [-0.2, 0) is 41.3 Å². The standard InChI is InChI=1S/C18H20N6O3S/c1-10-19-15(27-24-10)9-28(25,26)18-21-17(22-23-18)20-16-13-6-2-4-11(13)8-12-5-3-7-14(12)16/h8H,2-7,9H2,1H3,(H2,20,21,22,23). The van der Waals surface area contributed by atoms with Gasteiger partial charge in [0.05, 0.1) is 0 Å². The van der Waals surface area contributed by atoms with E-state index in [4.69, 9.17) is 4.52 Å². The fraction of sp³-hybridized carbons (Fsp3) is 0.444. The molecule has 2 aliphatic rings. The van der Waals surface area contributed by atoms with Crippen molar-refractivity contribution in [2.75, 3.05) is 5.32 Å². The number of hydrogen-bond acceptors (Lipinski definition) is 8. The molecule has 146 valence electrons. The van der Waals surface area contributed by atoms with Gasteiger partial charge in [-0.3, -0.25) is 0 Å². The summed E-state index contributed by atoms with van der Waals surface area (Å²) in [4.78, 5) is 8.11. The third-order valence-electron chi connectivity index (χ3n) is 5.34. The molecule has 0 spiro atoms. The predicted molar refractivity (Wildman–Crippen MR) is 100 cm³/mol. The van der Waals surface area contributed by atoms with E-state index in [1.54, 1.807) is 6.92 Å². The van der Waals surface area contributed by atoms with Crippen LogP contribution in [0.2, 0.25) is 0 Å². The van der Waals surface area contributed by atoms with Gasteiger partial charge in [0.2, 0.25) is 21.7 Å². The summed E-state index contributed by atoms with van der Waals surface area (Å²) in [5, 5.41) is 13.3. The smallest absolute Gasteiger partial charge is 0.268 e. The Morgan fingerprint density at radius 3 is 2.46 bits per heavy atom. The SMILES string of the molecule is Cc1noc(CS(=O)(=O)c2n[nH]c(Nc3c4c(cc5c3CCC5)CCC4)n2)n1. The largest absolute Gasteiger partial charge is 0.338 e. The van der Waals surface area contributed by atoms with Crippen molar-refractivity contribution in [1.29, 1.82) is 0 Å². The van der Waals surface area contributed by atoms with Crippen molar-refractivity contribution < 1.29 is 12.9 Å². The number of aromatic nitrogens is 5. The van der Waals surface area contributed by atoms with E-state index in [9.17, 15) is 8.42 Å². The molecule has 10 heteroatoms. The number of aromatic amines is 1. The minimum atomic E-state index is -3.78. The second kappa shape index (κ2) is 6.40. The fourth-order valence-corrected chi connectivity index (χ4v) is 5.14. The molecule has 2 heterocycles. The Labute approximate surface area is 161 Å². The third-order valence-corrected chi connectivity index (χ3v) is 6.71. The van der Waals surface area contributed by atoms with Crippen LogP contribution in [0.1, 0.15) is 46.8 Å². The van der Waals surface area contributed by atoms with Gasteiger partial charge in [0.25, 0.3) is 5.16 Å². The van der Waals surface area contributed by atoms with E-state index in [1.807, 2.05) is 0 Å². The van der Waals surface area contributed by atoms with Crippen molar-refractivity contribution in [2.45, 2.75) is 56.4 Å². The maximum absolute atomic E-state index is 12.6. The first-order chi connectivity index (χ1) is 13.5. The second-order valence-electron chi connectivity index (χ2n) is 7.32. The van der Waals surface area contributed by atoms with Crippen LogP contribution in [0.3, 0.4) is 0 Å². The summed E-state index contributed by atoms with van der Waals surface area (Å²) in [6.07, 6.45) is 6.54. The van der Waals surface area contributed by atoms with E-state index in [2.05, 4.69) is 36.7 Å². The van der Waals surface area contributed by atoms with E-state index in [0.29, 0.717) is 11.8 Å². The highest BCUT2D eigenvalue weighted by atomic mass is 32.2. The highest BCUT2D eigenvalue weighted by Gasteiger charge is 2.27. The van der Waals surface area contributed by atoms with Gasteiger partial charge in [-0.15, -0.1) is 5.10 Å². The molecular weight excluding hydrogens is 380 g/mol. The van der Waals surface area contributed by atoms with E-state index in [-0.39, 0.29) is 11.0 Å². The van der Waals surface area contributed by atoms with Crippen molar-refractivity contribution in [3.8, 4) is 0 Å². The quantitative estimate of drug-likeness (QED) is 0.667. The molecule has 2 aromatic heterocycles. The lowest BCUT2D eigenvalue weighted by Gasteiger charge is -2.15. The van der Waals surface area contributed by atoms with Gasteiger partial charge in [0.1, 0.15) is 5.75 Å². The number of aryl methyl sites for hydroxylation is 3. The lowest BCUT2D eigenvalue weighted by atomic mass is 9.99. The number of nitrogens with zero attached hydrogens (tertiary/aromatic N) is 4. The Balaban J connectivity index is 1.44. The number of sulfone groups is 1. The molecule has 2 N–H and O–H groups in total. The molecule has 0 saturated heterocycles. The van der Waals surface area contributed by atoms with Gasteiger partial charge >= 0.3 is 0 Å². The van der Waals surface area contributed by atoms with Gasteiger partial charge in [-0.05, 0) is 67.7 Å². The summed E-state index contributed by atoms with van der Waals surface area (Å²) in [5.74, 6) is 0.306. The normalized spacial score (nSPS) is 15.6. The summed E-state index contributed by atoms with van der Waals surface area (Å²) >= 11 is 0. The summed E-state index contributed by atoms with van der Waals surface area (Å²) in [7, 11) is -3.78. The molecule has 0 radical (unpaired) electrons. The average Bonchev–Trinajstić information content (AvgIpc) is 3.41.